The van der Waals surface area contributed by atoms with Crippen molar-refractivity contribution in [2.75, 3.05) is 7.11 Å². The zero-order valence-corrected chi connectivity index (χ0v) is 11.7. The summed E-state index contributed by atoms with van der Waals surface area (Å²) in [4.78, 5) is 0. The summed E-state index contributed by atoms with van der Waals surface area (Å²) in [5, 5.41) is 11.9. The first kappa shape index (κ1) is 15.6. The molecule has 0 aliphatic carbocycles. The molecule has 1 atom stereocenters. The Morgan fingerprint density at radius 1 is 1.10 bits per heavy atom. The fourth-order valence-corrected chi connectivity index (χ4v) is 2.24. The van der Waals surface area contributed by atoms with Crippen molar-refractivity contribution in [2.24, 2.45) is 0 Å². The van der Waals surface area contributed by atoms with Crippen LogP contribution in [0.1, 0.15) is 30.9 Å². The molecular weight excluding hydrogens is 281 g/mol. The molecule has 0 fully saturated rings. The SMILES string of the molecule is COc1ccc2cc(C(O)CCCC(F)(F)F)ccc2c1. The molecule has 0 saturated heterocycles. The molecule has 1 unspecified atom stereocenters. The highest BCUT2D eigenvalue weighted by atomic mass is 19.4. The standard InChI is InChI=1S/C16H17F3O2/c1-21-14-7-6-11-9-13(5-4-12(11)10-14)15(20)3-2-8-16(17,18)19/h4-7,9-10,15,20H,2-3,8H2,1H3. The third-order valence-corrected chi connectivity index (χ3v) is 3.39. The average molecular weight is 298 g/mol. The minimum Gasteiger partial charge on any atom is -0.497 e. The Kier molecular flexibility index (Phi) is 4.73. The van der Waals surface area contributed by atoms with Crippen LogP contribution in [0.4, 0.5) is 13.2 Å². The Balaban J connectivity index is 2.08. The summed E-state index contributed by atoms with van der Waals surface area (Å²) in [6.45, 7) is 0. The highest BCUT2D eigenvalue weighted by molar-refractivity contribution is 5.84. The molecule has 0 aromatic heterocycles. The summed E-state index contributed by atoms with van der Waals surface area (Å²) >= 11 is 0. The molecule has 0 heterocycles. The summed E-state index contributed by atoms with van der Waals surface area (Å²) in [7, 11) is 1.58. The number of aliphatic hydroxyl groups excluding tert-OH is 1. The third-order valence-electron chi connectivity index (χ3n) is 3.39. The topological polar surface area (TPSA) is 29.5 Å². The van der Waals surface area contributed by atoms with Gasteiger partial charge < -0.3 is 9.84 Å². The van der Waals surface area contributed by atoms with E-state index in [2.05, 4.69) is 0 Å². The molecule has 5 heteroatoms. The van der Waals surface area contributed by atoms with E-state index in [0.717, 1.165) is 16.5 Å². The lowest BCUT2D eigenvalue weighted by molar-refractivity contribution is -0.136. The first-order chi connectivity index (χ1) is 9.89. The van der Waals surface area contributed by atoms with Gasteiger partial charge in [0.1, 0.15) is 5.75 Å². The van der Waals surface area contributed by atoms with Crippen molar-refractivity contribution in [3.63, 3.8) is 0 Å². The number of fused-ring (bicyclic) bond motifs is 1. The summed E-state index contributed by atoms with van der Waals surface area (Å²) in [5.74, 6) is 0.737. The Hall–Kier alpha value is -1.75. The van der Waals surface area contributed by atoms with Gasteiger partial charge >= 0.3 is 6.18 Å². The second-order valence-electron chi connectivity index (χ2n) is 5.00. The maximum Gasteiger partial charge on any atom is 0.389 e. The van der Waals surface area contributed by atoms with Crippen molar-refractivity contribution < 1.29 is 23.0 Å². The first-order valence-corrected chi connectivity index (χ1v) is 6.71. The van der Waals surface area contributed by atoms with E-state index in [0.29, 0.717) is 5.56 Å². The van der Waals surface area contributed by atoms with Crippen LogP contribution in [-0.4, -0.2) is 18.4 Å². The maximum atomic E-state index is 12.1. The Bertz CT molecular complexity index is 608. The van der Waals surface area contributed by atoms with Gasteiger partial charge in [0.05, 0.1) is 13.2 Å². The van der Waals surface area contributed by atoms with Crippen LogP contribution in [0.2, 0.25) is 0 Å². The number of alkyl halides is 3. The highest BCUT2D eigenvalue weighted by Crippen LogP contribution is 2.28. The molecular formula is C16H17F3O2. The van der Waals surface area contributed by atoms with E-state index in [1.54, 1.807) is 19.2 Å². The normalized spacial score (nSPS) is 13.4. The lowest BCUT2D eigenvalue weighted by Crippen LogP contribution is -2.08. The van der Waals surface area contributed by atoms with Gasteiger partial charge in [0.2, 0.25) is 0 Å². The molecule has 0 saturated carbocycles. The van der Waals surface area contributed by atoms with Crippen molar-refractivity contribution in [3.05, 3.63) is 42.0 Å². The van der Waals surface area contributed by atoms with E-state index in [9.17, 15) is 18.3 Å². The molecule has 2 nitrogen and oxygen atoms in total. The van der Waals surface area contributed by atoms with E-state index in [-0.39, 0.29) is 12.8 Å². The molecule has 0 aliphatic heterocycles. The minimum absolute atomic E-state index is 0.0781. The molecule has 21 heavy (non-hydrogen) atoms. The Morgan fingerprint density at radius 3 is 2.43 bits per heavy atom. The monoisotopic (exact) mass is 298 g/mol. The van der Waals surface area contributed by atoms with Crippen molar-refractivity contribution in [3.8, 4) is 5.75 Å². The van der Waals surface area contributed by atoms with Gasteiger partial charge in [0.15, 0.2) is 0 Å². The van der Waals surface area contributed by atoms with E-state index >= 15 is 0 Å². The van der Waals surface area contributed by atoms with Crippen molar-refractivity contribution >= 4 is 10.8 Å². The molecule has 114 valence electrons. The van der Waals surface area contributed by atoms with Crippen LogP contribution in [0.15, 0.2) is 36.4 Å². The van der Waals surface area contributed by atoms with Gasteiger partial charge in [0.25, 0.3) is 0 Å². The molecule has 2 aromatic carbocycles. The number of hydrogen-bond donors (Lipinski definition) is 1. The molecule has 0 bridgehead atoms. The molecule has 2 aromatic rings. The van der Waals surface area contributed by atoms with Crippen LogP contribution in [0.5, 0.6) is 5.75 Å². The molecule has 1 N–H and O–H groups in total. The van der Waals surface area contributed by atoms with Gasteiger partial charge in [-0.1, -0.05) is 18.2 Å². The van der Waals surface area contributed by atoms with Gasteiger partial charge in [0, 0.05) is 6.42 Å². The summed E-state index contributed by atoms with van der Waals surface area (Å²) < 4.78 is 41.4. The lowest BCUT2D eigenvalue weighted by atomic mass is 10.00. The number of ether oxygens (including phenoxy) is 1. The maximum absolute atomic E-state index is 12.1. The summed E-state index contributed by atoms with van der Waals surface area (Å²) in [5.41, 5.74) is 0.634. The van der Waals surface area contributed by atoms with E-state index in [1.807, 2.05) is 24.3 Å². The fourth-order valence-electron chi connectivity index (χ4n) is 2.24. The van der Waals surface area contributed by atoms with Crippen molar-refractivity contribution in [1.29, 1.82) is 0 Å². The quantitative estimate of drug-likeness (QED) is 0.873. The molecule has 0 spiro atoms. The second kappa shape index (κ2) is 6.35. The first-order valence-electron chi connectivity index (χ1n) is 6.71. The summed E-state index contributed by atoms with van der Waals surface area (Å²) in [6, 6.07) is 10.9. The van der Waals surface area contributed by atoms with Crippen LogP contribution in [-0.2, 0) is 0 Å². The Morgan fingerprint density at radius 2 is 1.76 bits per heavy atom. The van der Waals surface area contributed by atoms with Crippen molar-refractivity contribution in [2.45, 2.75) is 31.5 Å². The lowest BCUT2D eigenvalue weighted by Gasteiger charge is -2.13. The van der Waals surface area contributed by atoms with Crippen LogP contribution in [0.3, 0.4) is 0 Å². The second-order valence-corrected chi connectivity index (χ2v) is 5.00. The van der Waals surface area contributed by atoms with Gasteiger partial charge in [-0.15, -0.1) is 0 Å². The van der Waals surface area contributed by atoms with Crippen LogP contribution in [0.25, 0.3) is 10.8 Å². The zero-order valence-electron chi connectivity index (χ0n) is 11.7. The fraction of sp³-hybridized carbons (Fsp3) is 0.375. The number of aliphatic hydroxyl groups is 1. The number of hydrogen-bond acceptors (Lipinski definition) is 2. The molecule has 0 amide bonds. The summed E-state index contributed by atoms with van der Waals surface area (Å²) in [6.07, 6.45) is -5.89. The van der Waals surface area contributed by atoms with E-state index in [4.69, 9.17) is 4.74 Å². The highest BCUT2D eigenvalue weighted by Gasteiger charge is 2.26. The van der Waals surface area contributed by atoms with E-state index in [1.165, 1.54) is 0 Å². The van der Waals surface area contributed by atoms with Gasteiger partial charge in [-0.05, 0) is 47.4 Å². The van der Waals surface area contributed by atoms with Gasteiger partial charge in [-0.2, -0.15) is 13.2 Å². The largest absolute Gasteiger partial charge is 0.497 e. The number of methoxy groups -OCH3 is 1. The van der Waals surface area contributed by atoms with Gasteiger partial charge in [-0.25, -0.2) is 0 Å². The molecule has 0 radical (unpaired) electrons. The third kappa shape index (κ3) is 4.36. The smallest absolute Gasteiger partial charge is 0.389 e. The predicted molar refractivity (Wildman–Crippen MR) is 75.4 cm³/mol. The molecule has 0 aliphatic rings. The number of halogens is 3. The van der Waals surface area contributed by atoms with Crippen LogP contribution in [0, 0.1) is 0 Å². The van der Waals surface area contributed by atoms with E-state index < -0.39 is 18.7 Å². The number of benzene rings is 2. The van der Waals surface area contributed by atoms with Crippen LogP contribution >= 0.6 is 0 Å². The predicted octanol–water partition coefficient (Wildman–Crippen LogP) is 4.61. The van der Waals surface area contributed by atoms with Crippen molar-refractivity contribution in [1.82, 2.24) is 0 Å². The molecule has 2 rings (SSSR count). The number of rotatable bonds is 5. The Labute approximate surface area is 121 Å². The zero-order chi connectivity index (χ0) is 15.5. The van der Waals surface area contributed by atoms with Gasteiger partial charge in [-0.3, -0.25) is 0 Å². The van der Waals surface area contributed by atoms with Crippen LogP contribution < -0.4 is 4.74 Å². The minimum atomic E-state index is -4.17. The average Bonchev–Trinajstić information content (AvgIpc) is 2.44.